The van der Waals surface area contributed by atoms with Gasteiger partial charge in [-0.2, -0.15) is 0 Å². The molecule has 0 spiro atoms. The number of aromatic nitrogens is 5. The molecule has 0 fully saturated rings. The second-order valence-corrected chi connectivity index (χ2v) is 6.80. The Morgan fingerprint density at radius 3 is 2.59 bits per heavy atom. The average molecular weight is 403 g/mol. The van der Waals surface area contributed by atoms with E-state index in [1.807, 2.05) is 12.1 Å². The maximum Gasteiger partial charge on any atom is 0.249 e. The second-order valence-electron chi connectivity index (χ2n) is 5.45. The highest BCUT2D eigenvalue weighted by Crippen LogP contribution is 2.28. The first kappa shape index (κ1) is 17.5. The number of hydrogen-bond acceptors (Lipinski definition) is 7. The fraction of sp³-hybridized carbons (Fsp3) is 0.0588. The van der Waals surface area contributed by atoms with Crippen LogP contribution >= 0.6 is 23.4 Å². The number of nitrogens with two attached hydrogens (primary N) is 1. The molecule has 7 nitrogen and oxygen atoms in total. The molecule has 4 aromatic rings. The average Bonchev–Trinajstić information content (AvgIpc) is 3.28. The van der Waals surface area contributed by atoms with Crippen LogP contribution in [-0.4, -0.2) is 25.1 Å². The van der Waals surface area contributed by atoms with Gasteiger partial charge in [-0.15, -0.1) is 20.4 Å². The molecule has 2 aromatic carbocycles. The molecular formula is C17H12ClFN6OS. The van der Waals surface area contributed by atoms with E-state index in [0.717, 1.165) is 0 Å². The summed E-state index contributed by atoms with van der Waals surface area (Å²) in [6, 6.07) is 13.1. The minimum absolute atomic E-state index is 0.331. The first-order valence-electron chi connectivity index (χ1n) is 7.78. The summed E-state index contributed by atoms with van der Waals surface area (Å²) in [4.78, 5) is 0. The lowest BCUT2D eigenvalue weighted by Crippen LogP contribution is -2.11. The smallest absolute Gasteiger partial charge is 0.249 e. The molecule has 0 atom stereocenters. The third kappa shape index (κ3) is 3.64. The van der Waals surface area contributed by atoms with Crippen LogP contribution in [0.3, 0.4) is 0 Å². The van der Waals surface area contributed by atoms with Crippen LogP contribution in [0.1, 0.15) is 5.89 Å². The summed E-state index contributed by atoms with van der Waals surface area (Å²) in [5, 5.41) is 17.1. The van der Waals surface area contributed by atoms with E-state index < -0.39 is 0 Å². The highest BCUT2D eigenvalue weighted by atomic mass is 35.5. The SMILES string of the molecule is Nn1c(SCc2nnc(-c3ccccc3Cl)o2)nnc1-c1ccc(F)cc1. The van der Waals surface area contributed by atoms with Crippen molar-refractivity contribution in [3.05, 3.63) is 65.3 Å². The summed E-state index contributed by atoms with van der Waals surface area (Å²) in [6.45, 7) is 0. The van der Waals surface area contributed by atoms with Crippen LogP contribution in [0.15, 0.2) is 58.1 Å². The third-order valence-electron chi connectivity index (χ3n) is 3.66. The zero-order valence-corrected chi connectivity index (χ0v) is 15.3. The Kier molecular flexibility index (Phi) is 4.78. The van der Waals surface area contributed by atoms with Crippen molar-refractivity contribution in [1.29, 1.82) is 0 Å². The number of nitrogens with zero attached hydrogens (tertiary/aromatic N) is 5. The molecule has 136 valence electrons. The number of halogens is 2. The Balaban J connectivity index is 1.48. The molecule has 10 heteroatoms. The van der Waals surface area contributed by atoms with Crippen LogP contribution in [-0.2, 0) is 5.75 Å². The Labute approximate surface area is 162 Å². The number of nitrogen functional groups attached to an aromatic ring is 1. The lowest BCUT2D eigenvalue weighted by molar-refractivity contribution is 0.528. The third-order valence-corrected chi connectivity index (χ3v) is 4.92. The van der Waals surface area contributed by atoms with Gasteiger partial charge in [0.15, 0.2) is 5.82 Å². The fourth-order valence-electron chi connectivity index (χ4n) is 2.35. The van der Waals surface area contributed by atoms with E-state index in [4.69, 9.17) is 21.9 Å². The molecule has 27 heavy (non-hydrogen) atoms. The summed E-state index contributed by atoms with van der Waals surface area (Å²) >= 11 is 7.43. The predicted octanol–water partition coefficient (Wildman–Crippen LogP) is 3.79. The van der Waals surface area contributed by atoms with E-state index in [0.29, 0.717) is 44.7 Å². The van der Waals surface area contributed by atoms with Gasteiger partial charge in [-0.3, -0.25) is 0 Å². The molecule has 0 unspecified atom stereocenters. The Morgan fingerprint density at radius 2 is 1.81 bits per heavy atom. The van der Waals surface area contributed by atoms with E-state index in [2.05, 4.69) is 20.4 Å². The van der Waals surface area contributed by atoms with Gasteiger partial charge in [-0.25, -0.2) is 9.07 Å². The number of rotatable bonds is 5. The standard InChI is InChI=1S/C17H12ClFN6OS/c18-13-4-2-1-3-12(13)16-23-21-14(26-16)9-27-17-24-22-15(25(17)20)10-5-7-11(19)8-6-10/h1-8H,9,20H2. The minimum Gasteiger partial charge on any atom is -0.420 e. The van der Waals surface area contributed by atoms with Crippen LogP contribution in [0.25, 0.3) is 22.8 Å². The van der Waals surface area contributed by atoms with Crippen LogP contribution in [0.5, 0.6) is 0 Å². The molecule has 2 heterocycles. The molecule has 0 aliphatic heterocycles. The van der Waals surface area contributed by atoms with Gasteiger partial charge >= 0.3 is 0 Å². The minimum atomic E-state index is -0.331. The second kappa shape index (κ2) is 7.37. The maximum absolute atomic E-state index is 13.1. The van der Waals surface area contributed by atoms with Crippen molar-refractivity contribution in [2.45, 2.75) is 10.9 Å². The van der Waals surface area contributed by atoms with Gasteiger partial charge in [-0.05, 0) is 36.4 Å². The normalized spacial score (nSPS) is 11.0. The van der Waals surface area contributed by atoms with E-state index in [1.54, 1.807) is 24.3 Å². The van der Waals surface area contributed by atoms with E-state index >= 15 is 0 Å². The van der Waals surface area contributed by atoms with Gasteiger partial charge < -0.3 is 10.3 Å². The summed E-state index contributed by atoms with van der Waals surface area (Å²) in [5.41, 5.74) is 1.33. The molecule has 0 bridgehead atoms. The Bertz CT molecular complexity index is 1080. The molecule has 0 aliphatic rings. The van der Waals surface area contributed by atoms with Crippen molar-refractivity contribution in [1.82, 2.24) is 25.1 Å². The Hall–Kier alpha value is -2.91. The lowest BCUT2D eigenvalue weighted by Gasteiger charge is -2.02. The molecule has 0 radical (unpaired) electrons. The zero-order valence-electron chi connectivity index (χ0n) is 13.7. The maximum atomic E-state index is 13.1. The summed E-state index contributed by atoms with van der Waals surface area (Å²) in [5.74, 6) is 7.25. The lowest BCUT2D eigenvalue weighted by atomic mass is 10.2. The number of hydrogen-bond donors (Lipinski definition) is 1. The van der Waals surface area contributed by atoms with Crippen molar-refractivity contribution in [2.75, 3.05) is 5.84 Å². The fourth-order valence-corrected chi connectivity index (χ4v) is 3.26. The highest BCUT2D eigenvalue weighted by Gasteiger charge is 2.15. The quantitative estimate of drug-likeness (QED) is 0.400. The van der Waals surface area contributed by atoms with E-state index in [-0.39, 0.29) is 5.82 Å². The van der Waals surface area contributed by atoms with Gasteiger partial charge in [0, 0.05) is 5.56 Å². The number of thioether (sulfide) groups is 1. The van der Waals surface area contributed by atoms with E-state index in [9.17, 15) is 4.39 Å². The topological polar surface area (TPSA) is 95.7 Å². The van der Waals surface area contributed by atoms with Crippen LogP contribution in [0.2, 0.25) is 5.02 Å². The van der Waals surface area contributed by atoms with Gasteiger partial charge in [0.1, 0.15) is 5.82 Å². The molecule has 2 aromatic heterocycles. The van der Waals surface area contributed by atoms with Crippen LogP contribution in [0.4, 0.5) is 4.39 Å². The van der Waals surface area contributed by atoms with Gasteiger partial charge in [-0.1, -0.05) is 35.5 Å². The summed E-state index contributed by atoms with van der Waals surface area (Å²) in [7, 11) is 0. The van der Waals surface area contributed by atoms with Crippen molar-refractivity contribution in [2.24, 2.45) is 0 Å². The monoisotopic (exact) mass is 402 g/mol. The molecule has 0 saturated heterocycles. The van der Waals surface area contributed by atoms with Crippen LogP contribution < -0.4 is 5.84 Å². The largest absolute Gasteiger partial charge is 0.420 e. The van der Waals surface area contributed by atoms with Gasteiger partial charge in [0.2, 0.25) is 16.9 Å². The molecule has 4 rings (SSSR count). The molecule has 0 amide bonds. The summed E-state index contributed by atoms with van der Waals surface area (Å²) in [6.07, 6.45) is 0. The van der Waals surface area contributed by atoms with Crippen molar-refractivity contribution in [3.63, 3.8) is 0 Å². The molecule has 0 saturated carbocycles. The molecule has 0 aliphatic carbocycles. The number of benzene rings is 2. The predicted molar refractivity (Wildman–Crippen MR) is 99.9 cm³/mol. The molecular weight excluding hydrogens is 391 g/mol. The van der Waals surface area contributed by atoms with E-state index in [1.165, 1.54) is 28.6 Å². The zero-order chi connectivity index (χ0) is 18.8. The van der Waals surface area contributed by atoms with Crippen LogP contribution in [0, 0.1) is 5.82 Å². The first-order valence-corrected chi connectivity index (χ1v) is 9.14. The summed E-state index contributed by atoms with van der Waals surface area (Å²) < 4.78 is 20.0. The molecule has 2 N–H and O–H groups in total. The van der Waals surface area contributed by atoms with Gasteiger partial charge in [0.25, 0.3) is 0 Å². The Morgan fingerprint density at radius 1 is 1.04 bits per heavy atom. The van der Waals surface area contributed by atoms with Crippen molar-refractivity contribution < 1.29 is 8.81 Å². The van der Waals surface area contributed by atoms with Gasteiger partial charge in [0.05, 0.1) is 16.3 Å². The first-order chi connectivity index (χ1) is 13.1. The van der Waals surface area contributed by atoms with Crippen molar-refractivity contribution in [3.8, 4) is 22.8 Å². The van der Waals surface area contributed by atoms with Crippen molar-refractivity contribution >= 4 is 23.4 Å². The highest BCUT2D eigenvalue weighted by molar-refractivity contribution is 7.98.